The molecule has 0 radical (unpaired) electrons. The molecule has 1 unspecified atom stereocenters. The van der Waals surface area contributed by atoms with Crippen molar-refractivity contribution in [2.24, 2.45) is 0 Å². The van der Waals surface area contributed by atoms with Crippen molar-refractivity contribution in [3.05, 3.63) is 162 Å². The zero-order valence-electron chi connectivity index (χ0n) is 24.6. The van der Waals surface area contributed by atoms with Gasteiger partial charge in [0.1, 0.15) is 5.75 Å². The van der Waals surface area contributed by atoms with E-state index in [9.17, 15) is 8.42 Å². The topological polar surface area (TPSA) is 51.5 Å². The molecule has 0 saturated carbocycles. The number of nitrogens with zero attached hydrogens (tertiary/aromatic N) is 2. The molecule has 6 heteroatoms. The molecule has 0 saturated heterocycles. The minimum atomic E-state index is -3.95. The molecule has 2 heterocycles. The largest absolute Gasteiger partial charge is 0.497 e. The van der Waals surface area contributed by atoms with E-state index in [1.807, 2.05) is 49.5 Å². The van der Waals surface area contributed by atoms with E-state index < -0.39 is 10.0 Å². The van der Waals surface area contributed by atoms with Gasteiger partial charge < -0.3 is 9.30 Å². The summed E-state index contributed by atoms with van der Waals surface area (Å²) in [6.45, 7) is 1.95. The molecule has 0 spiro atoms. The maximum atomic E-state index is 14.4. The van der Waals surface area contributed by atoms with Gasteiger partial charge >= 0.3 is 0 Å². The molecule has 218 valence electrons. The summed E-state index contributed by atoms with van der Waals surface area (Å²) < 4.78 is 38.0. The lowest BCUT2D eigenvalue weighted by atomic mass is 9.95. The van der Waals surface area contributed by atoms with Crippen molar-refractivity contribution in [2.75, 3.05) is 11.4 Å². The van der Waals surface area contributed by atoms with Crippen LogP contribution in [0, 0.1) is 6.92 Å². The monoisotopic (exact) mass is 596 g/mol. The summed E-state index contributed by atoms with van der Waals surface area (Å²) >= 11 is 0. The number of rotatable bonds is 7. The standard InChI is InChI=1S/C38H32N2O3S/c1-27-17-23-33(24-18-27)44(41,42)39(31-19-21-32(43-2)22-20-31)26-30-25-36-37(28-11-5-3-6-12-28)34-15-9-10-16-35(34)40(36)38(30)29-13-7-4-8-14-29/h3-24,26,38H,25H2,1-2H3/b30-26+. The van der Waals surface area contributed by atoms with Crippen molar-refractivity contribution in [3.8, 4) is 16.9 Å². The quantitative estimate of drug-likeness (QED) is 0.186. The Kier molecular flexibility index (Phi) is 7.07. The number of anilines is 1. The normalized spacial score (nSPS) is 15.4. The first kappa shape index (κ1) is 27.7. The molecule has 0 fully saturated rings. The third-order valence-corrected chi connectivity index (χ3v) is 10.1. The fraction of sp³-hybridized carbons (Fsp3) is 0.105. The van der Waals surface area contributed by atoms with Gasteiger partial charge in [0.05, 0.1) is 23.7 Å². The zero-order chi connectivity index (χ0) is 30.3. The maximum absolute atomic E-state index is 14.4. The number of allylic oxidation sites excluding steroid dienone is 1. The second-order valence-electron chi connectivity index (χ2n) is 11.1. The van der Waals surface area contributed by atoms with Gasteiger partial charge in [0.15, 0.2) is 0 Å². The minimum Gasteiger partial charge on any atom is -0.497 e. The van der Waals surface area contributed by atoms with Gasteiger partial charge in [-0.2, -0.15) is 0 Å². The highest BCUT2D eigenvalue weighted by molar-refractivity contribution is 7.93. The van der Waals surface area contributed by atoms with Crippen molar-refractivity contribution >= 4 is 26.6 Å². The third-order valence-electron chi connectivity index (χ3n) is 8.36. The van der Waals surface area contributed by atoms with Gasteiger partial charge in [0.25, 0.3) is 10.0 Å². The summed E-state index contributed by atoms with van der Waals surface area (Å²) in [5.74, 6) is 0.659. The van der Waals surface area contributed by atoms with E-state index in [1.165, 1.54) is 20.9 Å². The number of aryl methyl sites for hydroxylation is 1. The summed E-state index contributed by atoms with van der Waals surface area (Å²) in [6, 6.07) is 43.3. The molecule has 0 N–H and O–H groups in total. The van der Waals surface area contributed by atoms with Gasteiger partial charge in [0, 0.05) is 34.8 Å². The summed E-state index contributed by atoms with van der Waals surface area (Å²) in [5.41, 5.74) is 8.23. The number of sulfonamides is 1. The molecule has 1 aliphatic heterocycles. The molecule has 7 rings (SSSR count). The Balaban J connectivity index is 1.47. The van der Waals surface area contributed by atoms with Gasteiger partial charge in [-0.3, -0.25) is 0 Å². The lowest BCUT2D eigenvalue weighted by Gasteiger charge is -2.24. The molecule has 5 aromatic carbocycles. The Morgan fingerprint density at radius 3 is 2.09 bits per heavy atom. The lowest BCUT2D eigenvalue weighted by molar-refractivity contribution is 0.415. The summed E-state index contributed by atoms with van der Waals surface area (Å²) in [7, 11) is -2.35. The van der Waals surface area contributed by atoms with E-state index in [4.69, 9.17) is 4.74 Å². The summed E-state index contributed by atoms with van der Waals surface area (Å²) in [6.07, 6.45) is 2.43. The van der Waals surface area contributed by atoms with Crippen LogP contribution in [0.15, 0.2) is 150 Å². The second-order valence-corrected chi connectivity index (χ2v) is 12.9. The predicted octanol–water partition coefficient (Wildman–Crippen LogP) is 8.55. The molecule has 1 atom stereocenters. The van der Waals surface area contributed by atoms with Crippen molar-refractivity contribution in [2.45, 2.75) is 24.3 Å². The van der Waals surface area contributed by atoms with E-state index in [0.29, 0.717) is 17.9 Å². The van der Waals surface area contributed by atoms with Crippen LogP contribution in [0.1, 0.15) is 22.9 Å². The molecule has 0 aliphatic carbocycles. The molecule has 0 bridgehead atoms. The number of ether oxygens (including phenoxy) is 1. The molecule has 1 aliphatic rings. The highest BCUT2D eigenvalue weighted by Crippen LogP contribution is 2.47. The number of benzene rings is 5. The van der Waals surface area contributed by atoms with Crippen LogP contribution < -0.4 is 9.04 Å². The van der Waals surface area contributed by atoms with Crippen LogP contribution in [0.2, 0.25) is 0 Å². The average molecular weight is 597 g/mol. The minimum absolute atomic E-state index is 0.192. The Labute approximate surface area is 258 Å². The van der Waals surface area contributed by atoms with Crippen molar-refractivity contribution in [1.82, 2.24) is 4.57 Å². The fourth-order valence-electron chi connectivity index (χ4n) is 6.27. The van der Waals surface area contributed by atoms with Crippen LogP contribution in [0.25, 0.3) is 22.0 Å². The first-order valence-corrected chi connectivity index (χ1v) is 16.1. The number of hydrogen-bond donors (Lipinski definition) is 0. The first-order valence-electron chi connectivity index (χ1n) is 14.6. The second kappa shape index (κ2) is 11.2. The van der Waals surface area contributed by atoms with E-state index in [-0.39, 0.29) is 10.9 Å². The van der Waals surface area contributed by atoms with Crippen molar-refractivity contribution in [3.63, 3.8) is 0 Å². The Morgan fingerprint density at radius 1 is 0.773 bits per heavy atom. The lowest BCUT2D eigenvalue weighted by Crippen LogP contribution is -2.27. The third kappa shape index (κ3) is 4.77. The SMILES string of the molecule is COc1ccc(N(/C=C2\Cc3c(-c4ccccc4)c4ccccc4n3C2c2ccccc2)S(=O)(=O)c2ccc(C)cc2)cc1. The molecule has 0 amide bonds. The van der Waals surface area contributed by atoms with Gasteiger partial charge in [0.2, 0.25) is 0 Å². The van der Waals surface area contributed by atoms with E-state index in [0.717, 1.165) is 27.8 Å². The van der Waals surface area contributed by atoms with Gasteiger partial charge in [-0.15, -0.1) is 0 Å². The first-order chi connectivity index (χ1) is 21.5. The molecule has 44 heavy (non-hydrogen) atoms. The van der Waals surface area contributed by atoms with Crippen LogP contribution in [-0.4, -0.2) is 20.1 Å². The van der Waals surface area contributed by atoms with Gasteiger partial charge in [-0.25, -0.2) is 12.7 Å². The molecule has 1 aromatic heterocycles. The molecule has 6 aromatic rings. The van der Waals surface area contributed by atoms with E-state index in [2.05, 4.69) is 65.2 Å². The van der Waals surface area contributed by atoms with Crippen molar-refractivity contribution < 1.29 is 13.2 Å². The Hall–Kier alpha value is -5.07. The number of aromatic nitrogens is 1. The highest BCUT2D eigenvalue weighted by atomic mass is 32.2. The molecular weight excluding hydrogens is 564 g/mol. The maximum Gasteiger partial charge on any atom is 0.268 e. The molecule has 5 nitrogen and oxygen atoms in total. The number of fused-ring (bicyclic) bond motifs is 3. The number of methoxy groups -OCH3 is 1. The van der Waals surface area contributed by atoms with Gasteiger partial charge in [-0.1, -0.05) is 96.6 Å². The fourth-order valence-corrected chi connectivity index (χ4v) is 7.65. The summed E-state index contributed by atoms with van der Waals surface area (Å²) in [4.78, 5) is 0.236. The van der Waals surface area contributed by atoms with Gasteiger partial charge in [-0.05, 0) is 66.1 Å². The van der Waals surface area contributed by atoms with Crippen LogP contribution in [0.4, 0.5) is 5.69 Å². The smallest absolute Gasteiger partial charge is 0.268 e. The average Bonchev–Trinajstić information content (AvgIpc) is 3.58. The Bertz CT molecular complexity index is 2080. The Morgan fingerprint density at radius 2 is 1.41 bits per heavy atom. The van der Waals surface area contributed by atoms with Crippen LogP contribution in [-0.2, 0) is 16.4 Å². The number of hydrogen-bond acceptors (Lipinski definition) is 3. The van der Waals surface area contributed by atoms with Crippen molar-refractivity contribution in [1.29, 1.82) is 0 Å². The molecular formula is C38H32N2O3S. The zero-order valence-corrected chi connectivity index (χ0v) is 25.4. The van der Waals surface area contributed by atoms with E-state index >= 15 is 0 Å². The summed E-state index contributed by atoms with van der Waals surface area (Å²) in [5, 5.41) is 1.19. The van der Waals surface area contributed by atoms with E-state index in [1.54, 1.807) is 43.5 Å². The highest BCUT2D eigenvalue weighted by Gasteiger charge is 2.35. The van der Waals surface area contributed by atoms with Crippen LogP contribution in [0.5, 0.6) is 5.75 Å². The predicted molar refractivity (Wildman–Crippen MR) is 178 cm³/mol. The number of para-hydroxylation sites is 1. The van der Waals surface area contributed by atoms with Crippen LogP contribution >= 0.6 is 0 Å². The van der Waals surface area contributed by atoms with Crippen LogP contribution in [0.3, 0.4) is 0 Å².